The molecule has 0 bridgehead atoms. The lowest BCUT2D eigenvalue weighted by Crippen LogP contribution is -2.25. The molecule has 1 aromatic rings. The minimum atomic E-state index is -0.286. The summed E-state index contributed by atoms with van der Waals surface area (Å²) in [6.45, 7) is 12.2. The minimum Gasteiger partial charge on any atom is -0.480 e. The Labute approximate surface area is 127 Å². The van der Waals surface area contributed by atoms with Crippen molar-refractivity contribution in [2.45, 2.75) is 33.7 Å². The molecule has 0 aliphatic heterocycles. The molecular weight excluding hydrogens is 266 g/mol. The van der Waals surface area contributed by atoms with E-state index in [1.54, 1.807) is 13.0 Å². The number of benzene rings is 1. The number of rotatable bonds is 9. The number of hydrogen-bond acceptors (Lipinski definition) is 4. The van der Waals surface area contributed by atoms with E-state index >= 15 is 0 Å². The van der Waals surface area contributed by atoms with Crippen molar-refractivity contribution in [3.05, 3.63) is 47.9 Å². The molecule has 0 spiro atoms. The molecule has 116 valence electrons. The van der Waals surface area contributed by atoms with Gasteiger partial charge in [-0.15, -0.1) is 0 Å². The summed E-state index contributed by atoms with van der Waals surface area (Å²) in [7, 11) is 0. The van der Waals surface area contributed by atoms with Crippen molar-refractivity contribution in [2.75, 3.05) is 19.8 Å². The van der Waals surface area contributed by atoms with Crippen molar-refractivity contribution in [3.8, 4) is 0 Å². The van der Waals surface area contributed by atoms with Gasteiger partial charge in [-0.1, -0.05) is 25.1 Å². The first-order valence-corrected chi connectivity index (χ1v) is 7.45. The van der Waals surface area contributed by atoms with Crippen LogP contribution in [-0.2, 0) is 16.0 Å². The summed E-state index contributed by atoms with van der Waals surface area (Å²) in [5, 5.41) is 0. The molecule has 0 N–H and O–H groups in total. The molecule has 0 atom stereocenters. The topological polar surface area (TPSA) is 38.8 Å². The third kappa shape index (κ3) is 5.14. The Bertz CT molecular complexity index is 471. The van der Waals surface area contributed by atoms with E-state index in [2.05, 4.69) is 13.5 Å². The second-order valence-electron chi connectivity index (χ2n) is 4.63. The molecular formula is C17H25NO3. The van der Waals surface area contributed by atoms with Crippen LogP contribution < -0.4 is 0 Å². The quantitative estimate of drug-likeness (QED) is 0.515. The fourth-order valence-electron chi connectivity index (χ4n) is 2.09. The summed E-state index contributed by atoms with van der Waals surface area (Å²) in [4.78, 5) is 14.0. The van der Waals surface area contributed by atoms with Crippen LogP contribution in [-0.4, -0.2) is 30.6 Å². The van der Waals surface area contributed by atoms with Crippen LogP contribution in [0.2, 0.25) is 0 Å². The van der Waals surface area contributed by atoms with Gasteiger partial charge in [-0.3, -0.25) is 0 Å². The van der Waals surface area contributed by atoms with Crippen LogP contribution in [0.15, 0.2) is 36.7 Å². The average Bonchev–Trinajstić information content (AvgIpc) is 2.47. The van der Waals surface area contributed by atoms with Gasteiger partial charge < -0.3 is 14.4 Å². The predicted octanol–water partition coefficient (Wildman–Crippen LogP) is 3.58. The van der Waals surface area contributed by atoms with E-state index in [-0.39, 0.29) is 5.97 Å². The standard InChI is InChI=1S/C17H25NO3/c1-5-12-18(14(4)20-6-2)13-15-10-8-9-11-16(15)17(19)21-7-3/h8-11H,4-7,12-13H2,1-3H3. The molecule has 21 heavy (non-hydrogen) atoms. The Hall–Kier alpha value is -1.97. The van der Waals surface area contributed by atoms with Gasteiger partial charge in [-0.25, -0.2) is 4.79 Å². The predicted molar refractivity (Wildman–Crippen MR) is 83.9 cm³/mol. The summed E-state index contributed by atoms with van der Waals surface area (Å²) in [5.74, 6) is 0.351. The maximum Gasteiger partial charge on any atom is 0.338 e. The highest BCUT2D eigenvalue weighted by Crippen LogP contribution is 2.16. The Morgan fingerprint density at radius 3 is 2.43 bits per heavy atom. The van der Waals surface area contributed by atoms with E-state index in [1.807, 2.05) is 30.0 Å². The smallest absolute Gasteiger partial charge is 0.338 e. The van der Waals surface area contributed by atoms with Crippen LogP contribution in [0.1, 0.15) is 43.1 Å². The number of hydrogen-bond donors (Lipinski definition) is 0. The van der Waals surface area contributed by atoms with Gasteiger partial charge in [0.15, 0.2) is 5.88 Å². The molecule has 0 aliphatic rings. The summed E-state index contributed by atoms with van der Waals surface area (Å²) in [5.41, 5.74) is 1.52. The van der Waals surface area contributed by atoms with Crippen LogP contribution in [0.3, 0.4) is 0 Å². The first-order chi connectivity index (χ1) is 10.1. The zero-order chi connectivity index (χ0) is 15.7. The van der Waals surface area contributed by atoms with Gasteiger partial charge in [-0.05, 0) is 38.5 Å². The number of nitrogens with zero attached hydrogens (tertiary/aromatic N) is 1. The fourth-order valence-corrected chi connectivity index (χ4v) is 2.09. The van der Waals surface area contributed by atoms with Crippen molar-refractivity contribution >= 4 is 5.97 Å². The van der Waals surface area contributed by atoms with E-state index in [0.717, 1.165) is 18.5 Å². The highest BCUT2D eigenvalue weighted by Gasteiger charge is 2.15. The van der Waals surface area contributed by atoms with Crippen LogP contribution in [0.25, 0.3) is 0 Å². The fraction of sp³-hybridized carbons (Fsp3) is 0.471. The largest absolute Gasteiger partial charge is 0.480 e. The van der Waals surface area contributed by atoms with Crippen molar-refractivity contribution < 1.29 is 14.3 Å². The highest BCUT2D eigenvalue weighted by molar-refractivity contribution is 5.91. The zero-order valence-corrected chi connectivity index (χ0v) is 13.2. The first-order valence-electron chi connectivity index (χ1n) is 7.45. The Balaban J connectivity index is 2.93. The zero-order valence-electron chi connectivity index (χ0n) is 13.2. The molecule has 0 saturated heterocycles. The highest BCUT2D eigenvalue weighted by atomic mass is 16.5. The molecule has 0 amide bonds. The Morgan fingerprint density at radius 1 is 1.14 bits per heavy atom. The molecule has 0 aromatic heterocycles. The normalized spacial score (nSPS) is 10.0. The van der Waals surface area contributed by atoms with Gasteiger partial charge in [0.25, 0.3) is 0 Å². The SMILES string of the molecule is C=C(OCC)N(CCC)Cc1ccccc1C(=O)OCC. The van der Waals surface area contributed by atoms with Gasteiger partial charge in [0.1, 0.15) is 0 Å². The summed E-state index contributed by atoms with van der Waals surface area (Å²) >= 11 is 0. The molecule has 0 radical (unpaired) electrons. The van der Waals surface area contributed by atoms with Gasteiger partial charge >= 0.3 is 5.97 Å². The molecule has 1 aromatic carbocycles. The molecule has 4 heteroatoms. The molecule has 1 rings (SSSR count). The second kappa shape index (κ2) is 9.06. The van der Waals surface area contributed by atoms with Crippen LogP contribution >= 0.6 is 0 Å². The van der Waals surface area contributed by atoms with Crippen molar-refractivity contribution in [1.29, 1.82) is 0 Å². The van der Waals surface area contributed by atoms with E-state index in [9.17, 15) is 4.79 Å². The maximum absolute atomic E-state index is 12.0. The van der Waals surface area contributed by atoms with Crippen LogP contribution in [0.5, 0.6) is 0 Å². The molecule has 0 saturated carbocycles. The van der Waals surface area contributed by atoms with Gasteiger partial charge in [0, 0.05) is 13.1 Å². The monoisotopic (exact) mass is 291 g/mol. The average molecular weight is 291 g/mol. The van der Waals surface area contributed by atoms with E-state index in [4.69, 9.17) is 9.47 Å². The van der Waals surface area contributed by atoms with Crippen LogP contribution in [0.4, 0.5) is 0 Å². The number of carbonyl (C=O) groups excluding carboxylic acids is 1. The summed E-state index contributed by atoms with van der Waals surface area (Å²) < 4.78 is 10.6. The number of esters is 1. The third-order valence-electron chi connectivity index (χ3n) is 3.03. The lowest BCUT2D eigenvalue weighted by Gasteiger charge is -2.26. The van der Waals surface area contributed by atoms with Crippen molar-refractivity contribution in [3.63, 3.8) is 0 Å². The Morgan fingerprint density at radius 2 is 1.81 bits per heavy atom. The van der Waals surface area contributed by atoms with Crippen molar-refractivity contribution in [1.82, 2.24) is 4.90 Å². The van der Waals surface area contributed by atoms with Crippen molar-refractivity contribution in [2.24, 2.45) is 0 Å². The summed E-state index contributed by atoms with van der Waals surface area (Å²) in [6, 6.07) is 7.50. The van der Waals surface area contributed by atoms with Gasteiger partial charge in [0.05, 0.1) is 18.8 Å². The lowest BCUT2D eigenvalue weighted by atomic mass is 10.1. The van der Waals surface area contributed by atoms with E-state index in [0.29, 0.717) is 31.2 Å². The Kier molecular flexibility index (Phi) is 7.37. The third-order valence-corrected chi connectivity index (χ3v) is 3.03. The van der Waals surface area contributed by atoms with E-state index in [1.165, 1.54) is 0 Å². The van der Waals surface area contributed by atoms with Gasteiger partial charge in [-0.2, -0.15) is 0 Å². The lowest BCUT2D eigenvalue weighted by molar-refractivity contribution is 0.0522. The van der Waals surface area contributed by atoms with Crippen LogP contribution in [0, 0.1) is 0 Å². The first kappa shape index (κ1) is 17.1. The molecule has 0 unspecified atom stereocenters. The molecule has 0 aliphatic carbocycles. The van der Waals surface area contributed by atoms with E-state index < -0.39 is 0 Å². The molecule has 0 heterocycles. The molecule has 0 fully saturated rings. The second-order valence-corrected chi connectivity index (χ2v) is 4.63. The maximum atomic E-state index is 12.0. The number of ether oxygens (including phenoxy) is 2. The van der Waals surface area contributed by atoms with Gasteiger partial charge in [0.2, 0.25) is 0 Å². The molecule has 4 nitrogen and oxygen atoms in total. The number of carbonyl (C=O) groups is 1. The minimum absolute atomic E-state index is 0.286. The summed E-state index contributed by atoms with van der Waals surface area (Å²) in [6.07, 6.45) is 0.980.